The molecule has 1 heterocycles. The maximum atomic E-state index is 13.4. The maximum Gasteiger partial charge on any atom is 0.337 e. The predicted molar refractivity (Wildman–Crippen MR) is 69.9 cm³/mol. The van der Waals surface area contributed by atoms with Gasteiger partial charge < -0.3 is 10.4 Å². The van der Waals surface area contributed by atoms with Crippen LogP contribution in [0, 0.1) is 11.6 Å². The molecule has 4 nitrogen and oxygen atoms in total. The zero-order chi connectivity index (χ0) is 14.7. The van der Waals surface area contributed by atoms with E-state index in [1.54, 1.807) is 0 Å². The smallest absolute Gasteiger partial charge is 0.337 e. The number of anilines is 1. The number of carbonyl (C=O) groups is 1. The number of aromatic carboxylic acids is 1. The van der Waals surface area contributed by atoms with Crippen LogP contribution in [0.4, 0.5) is 14.6 Å². The van der Waals surface area contributed by atoms with Crippen LogP contribution >= 0.6 is 11.6 Å². The first kappa shape index (κ1) is 14.2. The van der Waals surface area contributed by atoms with Crippen molar-refractivity contribution in [2.24, 2.45) is 0 Å². The lowest BCUT2D eigenvalue weighted by Gasteiger charge is -2.08. The molecule has 0 aliphatic carbocycles. The van der Waals surface area contributed by atoms with Crippen molar-refractivity contribution in [2.75, 3.05) is 5.32 Å². The lowest BCUT2D eigenvalue weighted by molar-refractivity contribution is 0.0697. The van der Waals surface area contributed by atoms with Crippen LogP contribution in [-0.2, 0) is 6.54 Å². The Morgan fingerprint density at radius 1 is 1.35 bits per heavy atom. The van der Waals surface area contributed by atoms with Gasteiger partial charge in [-0.3, -0.25) is 0 Å². The van der Waals surface area contributed by atoms with E-state index in [1.165, 1.54) is 18.3 Å². The number of hydrogen-bond acceptors (Lipinski definition) is 3. The highest BCUT2D eigenvalue weighted by Crippen LogP contribution is 2.19. The number of aromatic nitrogens is 1. The average molecular weight is 299 g/mol. The molecule has 0 saturated heterocycles. The number of nitrogens with zero attached hydrogens (tertiary/aromatic N) is 1. The van der Waals surface area contributed by atoms with E-state index in [-0.39, 0.29) is 28.5 Å². The number of rotatable bonds is 4. The summed E-state index contributed by atoms with van der Waals surface area (Å²) in [5.74, 6) is -2.31. The summed E-state index contributed by atoms with van der Waals surface area (Å²) in [4.78, 5) is 14.8. The molecule has 0 atom stereocenters. The maximum absolute atomic E-state index is 13.4. The van der Waals surface area contributed by atoms with Gasteiger partial charge in [-0.05, 0) is 12.1 Å². The summed E-state index contributed by atoms with van der Waals surface area (Å²) < 4.78 is 26.2. The first-order chi connectivity index (χ1) is 9.47. The zero-order valence-corrected chi connectivity index (χ0v) is 10.8. The van der Waals surface area contributed by atoms with Crippen molar-refractivity contribution in [1.29, 1.82) is 0 Å². The number of halogens is 3. The number of nitrogens with one attached hydrogen (secondary N) is 1. The van der Waals surface area contributed by atoms with Gasteiger partial charge in [-0.1, -0.05) is 17.7 Å². The molecule has 0 bridgehead atoms. The second-order valence-corrected chi connectivity index (χ2v) is 4.35. The Balaban J connectivity index is 2.15. The van der Waals surface area contributed by atoms with Gasteiger partial charge in [0.1, 0.15) is 17.5 Å². The fourth-order valence-corrected chi connectivity index (χ4v) is 1.73. The topological polar surface area (TPSA) is 62.2 Å². The summed E-state index contributed by atoms with van der Waals surface area (Å²) >= 11 is 5.68. The number of pyridine rings is 1. The SMILES string of the molecule is O=C(O)c1cc(NCc2ccc(F)cc2F)ncc1Cl. The van der Waals surface area contributed by atoms with Crippen molar-refractivity contribution < 1.29 is 18.7 Å². The molecule has 1 aromatic carbocycles. The molecule has 1 aromatic heterocycles. The molecule has 0 unspecified atom stereocenters. The lowest BCUT2D eigenvalue weighted by Crippen LogP contribution is -2.06. The van der Waals surface area contributed by atoms with Crippen LogP contribution in [0.2, 0.25) is 5.02 Å². The third kappa shape index (κ3) is 3.21. The molecule has 2 N–H and O–H groups in total. The summed E-state index contributed by atoms with van der Waals surface area (Å²) in [5.41, 5.74) is 0.128. The summed E-state index contributed by atoms with van der Waals surface area (Å²) in [7, 11) is 0. The second-order valence-electron chi connectivity index (χ2n) is 3.94. The fourth-order valence-electron chi connectivity index (χ4n) is 1.55. The van der Waals surface area contributed by atoms with Gasteiger partial charge in [0, 0.05) is 24.4 Å². The molecule has 0 aliphatic rings. The monoisotopic (exact) mass is 298 g/mol. The van der Waals surface area contributed by atoms with E-state index in [9.17, 15) is 13.6 Å². The number of benzene rings is 1. The van der Waals surface area contributed by atoms with Crippen molar-refractivity contribution in [2.45, 2.75) is 6.54 Å². The van der Waals surface area contributed by atoms with Crippen LogP contribution < -0.4 is 5.32 Å². The third-order valence-corrected chi connectivity index (χ3v) is 2.86. The van der Waals surface area contributed by atoms with E-state index in [2.05, 4.69) is 10.3 Å². The standard InChI is InChI=1S/C13H9ClF2N2O2/c14-10-6-18-12(4-9(10)13(19)20)17-5-7-1-2-8(15)3-11(7)16/h1-4,6H,5H2,(H,17,18)(H,19,20). The Morgan fingerprint density at radius 2 is 2.10 bits per heavy atom. The minimum absolute atomic E-state index is 0.0102. The summed E-state index contributed by atoms with van der Waals surface area (Å²) in [6.45, 7) is 0.0415. The van der Waals surface area contributed by atoms with E-state index in [4.69, 9.17) is 16.7 Å². The van der Waals surface area contributed by atoms with Gasteiger partial charge in [-0.2, -0.15) is 0 Å². The molecule has 0 radical (unpaired) electrons. The molecular formula is C13H9ClF2N2O2. The Labute approximate surface area is 118 Å². The Kier molecular flexibility index (Phi) is 4.14. The normalized spacial score (nSPS) is 10.3. The van der Waals surface area contributed by atoms with Gasteiger partial charge in [-0.15, -0.1) is 0 Å². The summed E-state index contributed by atoms with van der Waals surface area (Å²) in [5, 5.41) is 11.7. The molecule has 0 fully saturated rings. The van der Waals surface area contributed by atoms with E-state index >= 15 is 0 Å². The van der Waals surface area contributed by atoms with Crippen LogP contribution in [0.3, 0.4) is 0 Å². The molecule has 7 heteroatoms. The van der Waals surface area contributed by atoms with E-state index in [0.717, 1.165) is 12.1 Å². The van der Waals surface area contributed by atoms with Crippen molar-refractivity contribution in [1.82, 2.24) is 4.98 Å². The minimum atomic E-state index is -1.19. The highest BCUT2D eigenvalue weighted by molar-refractivity contribution is 6.33. The fraction of sp³-hybridized carbons (Fsp3) is 0.0769. The van der Waals surface area contributed by atoms with E-state index in [0.29, 0.717) is 0 Å². The number of hydrogen-bond donors (Lipinski definition) is 2. The lowest BCUT2D eigenvalue weighted by atomic mass is 10.2. The molecular weight excluding hydrogens is 290 g/mol. The van der Waals surface area contributed by atoms with Crippen molar-refractivity contribution in [3.05, 3.63) is 58.2 Å². The van der Waals surface area contributed by atoms with E-state index in [1.807, 2.05) is 0 Å². The first-order valence-electron chi connectivity index (χ1n) is 5.54. The summed E-state index contributed by atoms with van der Waals surface area (Å²) in [6, 6.07) is 4.45. The van der Waals surface area contributed by atoms with Crippen molar-refractivity contribution in [3.63, 3.8) is 0 Å². The van der Waals surface area contributed by atoms with Crippen LogP contribution in [-0.4, -0.2) is 16.1 Å². The van der Waals surface area contributed by atoms with Crippen LogP contribution in [0.15, 0.2) is 30.5 Å². The summed E-state index contributed by atoms with van der Waals surface area (Å²) in [6.07, 6.45) is 1.19. The highest BCUT2D eigenvalue weighted by Gasteiger charge is 2.11. The second kappa shape index (κ2) is 5.83. The van der Waals surface area contributed by atoms with Crippen LogP contribution in [0.5, 0.6) is 0 Å². The predicted octanol–water partition coefficient (Wildman–Crippen LogP) is 3.32. The minimum Gasteiger partial charge on any atom is -0.478 e. The number of carboxylic acids is 1. The van der Waals surface area contributed by atoms with Gasteiger partial charge in [0.15, 0.2) is 0 Å². The third-order valence-electron chi connectivity index (χ3n) is 2.56. The molecule has 0 aliphatic heterocycles. The zero-order valence-electron chi connectivity index (χ0n) is 10.0. The van der Waals surface area contributed by atoms with Gasteiger partial charge in [0.2, 0.25) is 0 Å². The van der Waals surface area contributed by atoms with Gasteiger partial charge in [0.25, 0.3) is 0 Å². The number of carboxylic acid groups (broad SMARTS) is 1. The first-order valence-corrected chi connectivity index (χ1v) is 5.92. The van der Waals surface area contributed by atoms with Gasteiger partial charge in [0.05, 0.1) is 10.6 Å². The Bertz CT molecular complexity index is 665. The molecule has 2 rings (SSSR count). The highest BCUT2D eigenvalue weighted by atomic mass is 35.5. The largest absolute Gasteiger partial charge is 0.478 e. The average Bonchev–Trinajstić information content (AvgIpc) is 2.39. The van der Waals surface area contributed by atoms with Gasteiger partial charge >= 0.3 is 5.97 Å². The molecule has 0 amide bonds. The van der Waals surface area contributed by atoms with Gasteiger partial charge in [-0.25, -0.2) is 18.6 Å². The molecule has 20 heavy (non-hydrogen) atoms. The molecule has 104 valence electrons. The van der Waals surface area contributed by atoms with Crippen LogP contribution in [0.1, 0.15) is 15.9 Å². The molecule has 2 aromatic rings. The van der Waals surface area contributed by atoms with Crippen LogP contribution in [0.25, 0.3) is 0 Å². The molecule has 0 spiro atoms. The van der Waals surface area contributed by atoms with Crippen molar-refractivity contribution >= 4 is 23.4 Å². The van der Waals surface area contributed by atoms with Crippen molar-refractivity contribution in [3.8, 4) is 0 Å². The van der Waals surface area contributed by atoms with E-state index < -0.39 is 17.6 Å². The Morgan fingerprint density at radius 3 is 2.75 bits per heavy atom. The molecule has 0 saturated carbocycles. The quantitative estimate of drug-likeness (QED) is 0.909. The Hall–Kier alpha value is -2.21.